The number of amides is 1. The fraction of sp³-hybridized carbons (Fsp3) is 0.909. The number of halogens is 1. The van der Waals surface area contributed by atoms with Crippen molar-refractivity contribution in [2.24, 2.45) is 0 Å². The summed E-state index contributed by atoms with van der Waals surface area (Å²) in [5.41, 5.74) is 0. The molecular weight excluding hydrogens is 242 g/mol. The Bertz CT molecular complexity index is 190. The predicted molar refractivity (Wildman–Crippen MR) is 62.6 cm³/mol. The van der Waals surface area contributed by atoms with E-state index >= 15 is 0 Å². The lowest BCUT2D eigenvalue weighted by molar-refractivity contribution is -0.123. The van der Waals surface area contributed by atoms with Gasteiger partial charge in [0, 0.05) is 6.04 Å². The average Bonchev–Trinajstić information content (AvgIpc) is 2.31. The molecule has 0 aromatic heterocycles. The van der Waals surface area contributed by atoms with E-state index in [0.29, 0.717) is 6.04 Å². The van der Waals surface area contributed by atoms with E-state index in [9.17, 15) is 4.79 Å². The van der Waals surface area contributed by atoms with Crippen LogP contribution < -0.4 is 5.32 Å². The molecule has 0 aromatic carbocycles. The van der Waals surface area contributed by atoms with E-state index in [1.807, 2.05) is 13.8 Å². The molecule has 0 saturated heterocycles. The number of alkyl halides is 1. The van der Waals surface area contributed by atoms with Crippen molar-refractivity contribution >= 4 is 21.8 Å². The van der Waals surface area contributed by atoms with Crippen LogP contribution >= 0.6 is 15.9 Å². The van der Waals surface area contributed by atoms with E-state index in [4.69, 9.17) is 0 Å². The molecule has 14 heavy (non-hydrogen) atoms. The second kappa shape index (κ2) is 5.15. The number of hydrogen-bond acceptors (Lipinski definition) is 1. The van der Waals surface area contributed by atoms with E-state index in [1.54, 1.807) is 0 Å². The second-order valence-electron chi connectivity index (χ2n) is 4.63. The first kappa shape index (κ1) is 12.0. The van der Waals surface area contributed by atoms with Gasteiger partial charge in [-0.25, -0.2) is 0 Å². The molecule has 0 spiro atoms. The molecule has 1 saturated carbocycles. The number of rotatable bonds is 2. The van der Waals surface area contributed by atoms with E-state index in [-0.39, 0.29) is 5.91 Å². The summed E-state index contributed by atoms with van der Waals surface area (Å²) in [5, 5.41) is 3.11. The van der Waals surface area contributed by atoms with Crippen LogP contribution in [-0.4, -0.2) is 16.3 Å². The molecule has 0 heterocycles. The minimum Gasteiger partial charge on any atom is -0.352 e. The van der Waals surface area contributed by atoms with Gasteiger partial charge in [-0.15, -0.1) is 0 Å². The van der Waals surface area contributed by atoms with Gasteiger partial charge in [-0.3, -0.25) is 4.79 Å². The van der Waals surface area contributed by atoms with Crippen molar-refractivity contribution in [3.8, 4) is 0 Å². The minimum atomic E-state index is -0.431. The molecule has 2 nitrogen and oxygen atoms in total. The molecule has 0 unspecified atom stereocenters. The van der Waals surface area contributed by atoms with Crippen LogP contribution in [0.5, 0.6) is 0 Å². The minimum absolute atomic E-state index is 0.115. The Labute approximate surface area is 95.0 Å². The van der Waals surface area contributed by atoms with Gasteiger partial charge in [0.15, 0.2) is 0 Å². The SMILES string of the molecule is CC(C)(Br)C(=O)NC1CCCCCC1. The van der Waals surface area contributed by atoms with E-state index in [2.05, 4.69) is 21.2 Å². The summed E-state index contributed by atoms with van der Waals surface area (Å²) in [6, 6.07) is 0.404. The highest BCUT2D eigenvalue weighted by atomic mass is 79.9. The maximum atomic E-state index is 11.7. The van der Waals surface area contributed by atoms with Crippen molar-refractivity contribution in [2.45, 2.75) is 62.7 Å². The van der Waals surface area contributed by atoms with Crippen LogP contribution in [0.4, 0.5) is 0 Å². The maximum absolute atomic E-state index is 11.7. The monoisotopic (exact) mass is 261 g/mol. The third-order valence-corrected chi connectivity index (χ3v) is 3.09. The molecule has 1 aliphatic rings. The van der Waals surface area contributed by atoms with Gasteiger partial charge < -0.3 is 5.32 Å². The van der Waals surface area contributed by atoms with Gasteiger partial charge in [-0.2, -0.15) is 0 Å². The van der Waals surface area contributed by atoms with Crippen molar-refractivity contribution in [2.75, 3.05) is 0 Å². The maximum Gasteiger partial charge on any atom is 0.236 e. The zero-order valence-electron chi connectivity index (χ0n) is 9.11. The molecule has 1 fully saturated rings. The predicted octanol–water partition coefficient (Wildman–Crippen LogP) is 3.00. The fourth-order valence-electron chi connectivity index (χ4n) is 1.78. The molecule has 0 radical (unpaired) electrons. The summed E-state index contributed by atoms with van der Waals surface area (Å²) in [6.45, 7) is 3.78. The summed E-state index contributed by atoms with van der Waals surface area (Å²) < 4.78 is -0.431. The summed E-state index contributed by atoms with van der Waals surface area (Å²) >= 11 is 3.38. The largest absolute Gasteiger partial charge is 0.352 e. The Morgan fingerprint density at radius 3 is 2.14 bits per heavy atom. The molecule has 1 aliphatic carbocycles. The summed E-state index contributed by atoms with van der Waals surface area (Å²) in [4.78, 5) is 11.7. The van der Waals surface area contributed by atoms with Gasteiger partial charge in [-0.05, 0) is 26.7 Å². The quantitative estimate of drug-likeness (QED) is 0.601. The highest BCUT2D eigenvalue weighted by Crippen LogP contribution is 2.20. The van der Waals surface area contributed by atoms with Crippen LogP contribution in [0.15, 0.2) is 0 Å². The number of carbonyl (C=O) groups is 1. The van der Waals surface area contributed by atoms with Crippen molar-refractivity contribution < 1.29 is 4.79 Å². The number of carbonyl (C=O) groups excluding carboxylic acids is 1. The van der Waals surface area contributed by atoms with Crippen molar-refractivity contribution in [1.29, 1.82) is 0 Å². The lowest BCUT2D eigenvalue weighted by Gasteiger charge is -2.22. The Kier molecular flexibility index (Phi) is 4.42. The molecule has 82 valence electrons. The molecule has 0 aromatic rings. The number of hydrogen-bond donors (Lipinski definition) is 1. The average molecular weight is 262 g/mol. The molecule has 1 amide bonds. The van der Waals surface area contributed by atoms with E-state index < -0.39 is 4.32 Å². The van der Waals surface area contributed by atoms with Gasteiger partial charge in [-0.1, -0.05) is 41.6 Å². The van der Waals surface area contributed by atoms with Gasteiger partial charge in [0.05, 0.1) is 4.32 Å². The fourth-order valence-corrected chi connectivity index (χ4v) is 1.90. The molecular formula is C11H20BrNO. The first-order valence-corrected chi connectivity index (χ1v) is 6.29. The summed E-state index contributed by atoms with van der Waals surface area (Å²) in [6.07, 6.45) is 7.46. The molecule has 1 rings (SSSR count). The standard InChI is InChI=1S/C11H20BrNO/c1-11(2,12)10(14)13-9-7-5-3-4-6-8-9/h9H,3-8H2,1-2H3,(H,13,14). The smallest absolute Gasteiger partial charge is 0.236 e. The zero-order valence-corrected chi connectivity index (χ0v) is 10.7. The lowest BCUT2D eigenvalue weighted by Crippen LogP contribution is -2.43. The molecule has 0 bridgehead atoms. The molecule has 1 N–H and O–H groups in total. The molecule has 3 heteroatoms. The van der Waals surface area contributed by atoms with Crippen LogP contribution in [0.3, 0.4) is 0 Å². The van der Waals surface area contributed by atoms with Crippen LogP contribution in [-0.2, 0) is 4.79 Å². The third-order valence-electron chi connectivity index (χ3n) is 2.73. The van der Waals surface area contributed by atoms with Crippen LogP contribution in [0.1, 0.15) is 52.4 Å². The lowest BCUT2D eigenvalue weighted by atomic mass is 10.1. The van der Waals surface area contributed by atoms with Gasteiger partial charge in [0.1, 0.15) is 0 Å². The zero-order chi connectivity index (χ0) is 10.6. The third kappa shape index (κ3) is 3.99. The molecule has 0 atom stereocenters. The van der Waals surface area contributed by atoms with E-state index in [0.717, 1.165) is 12.8 Å². The van der Waals surface area contributed by atoms with Gasteiger partial charge in [0.2, 0.25) is 5.91 Å². The number of nitrogens with one attached hydrogen (secondary N) is 1. The van der Waals surface area contributed by atoms with Crippen molar-refractivity contribution in [1.82, 2.24) is 5.32 Å². The highest BCUT2D eigenvalue weighted by molar-refractivity contribution is 9.10. The second-order valence-corrected chi connectivity index (χ2v) is 6.62. The first-order chi connectivity index (χ1) is 6.50. The first-order valence-electron chi connectivity index (χ1n) is 5.50. The Balaban J connectivity index is 2.38. The van der Waals surface area contributed by atoms with Crippen LogP contribution in [0, 0.1) is 0 Å². The van der Waals surface area contributed by atoms with Gasteiger partial charge in [0.25, 0.3) is 0 Å². The Morgan fingerprint density at radius 1 is 1.21 bits per heavy atom. The van der Waals surface area contributed by atoms with Gasteiger partial charge >= 0.3 is 0 Å². The summed E-state index contributed by atoms with van der Waals surface area (Å²) in [5.74, 6) is 0.115. The normalized spacial score (nSPS) is 20.2. The molecule has 0 aliphatic heterocycles. The Morgan fingerprint density at radius 2 is 1.71 bits per heavy atom. The van der Waals surface area contributed by atoms with Crippen LogP contribution in [0.25, 0.3) is 0 Å². The summed E-state index contributed by atoms with van der Waals surface area (Å²) in [7, 11) is 0. The topological polar surface area (TPSA) is 29.1 Å². The highest BCUT2D eigenvalue weighted by Gasteiger charge is 2.25. The van der Waals surface area contributed by atoms with Crippen LogP contribution in [0.2, 0.25) is 0 Å². The van der Waals surface area contributed by atoms with E-state index in [1.165, 1.54) is 25.7 Å². The van der Waals surface area contributed by atoms with Crippen molar-refractivity contribution in [3.05, 3.63) is 0 Å². The van der Waals surface area contributed by atoms with Crippen molar-refractivity contribution in [3.63, 3.8) is 0 Å². The Hall–Kier alpha value is -0.0500.